The molecule has 4 heteroatoms. The molecule has 0 aliphatic heterocycles. The summed E-state index contributed by atoms with van der Waals surface area (Å²) in [5.41, 5.74) is 6.98. The molecular weight excluding hydrogens is 352 g/mol. The Labute approximate surface area is 167 Å². The molecule has 1 N–H and O–H groups in total. The van der Waals surface area contributed by atoms with Crippen molar-refractivity contribution in [3.05, 3.63) is 58.8 Å². The molecule has 3 nitrogen and oxygen atoms in total. The van der Waals surface area contributed by atoms with Crippen molar-refractivity contribution in [3.63, 3.8) is 0 Å². The van der Waals surface area contributed by atoms with Crippen LogP contribution in [0.1, 0.15) is 48.9 Å². The van der Waals surface area contributed by atoms with Crippen molar-refractivity contribution >= 4 is 33.8 Å². The maximum absolute atomic E-state index is 5.79. The lowest BCUT2D eigenvalue weighted by Gasteiger charge is -2.18. The lowest BCUT2D eigenvalue weighted by molar-refractivity contribution is 0.407. The molecule has 0 aliphatic rings. The summed E-state index contributed by atoms with van der Waals surface area (Å²) >= 11 is 5.79. The Morgan fingerprint density at radius 1 is 1.22 bits per heavy atom. The minimum absolute atomic E-state index is 0.371. The Morgan fingerprint density at radius 2 is 1.96 bits per heavy atom. The molecule has 3 rings (SSSR count). The first-order chi connectivity index (χ1) is 12.8. The topological polar surface area (TPSA) is 26.2 Å². The molecule has 142 valence electrons. The first-order valence-corrected chi connectivity index (χ1v) is 9.84. The molecule has 1 heterocycles. The van der Waals surface area contributed by atoms with Gasteiger partial charge in [-0.2, -0.15) is 0 Å². The lowest BCUT2D eigenvalue weighted by Crippen LogP contribution is -2.14. The average Bonchev–Trinajstić information content (AvgIpc) is 2.93. The monoisotopic (exact) mass is 380 g/mol. The first-order valence-electron chi connectivity index (χ1n) is 9.43. The van der Waals surface area contributed by atoms with Crippen molar-refractivity contribution in [2.24, 2.45) is 7.05 Å². The number of hydrogen-bond donors (Lipinski definition) is 1. The van der Waals surface area contributed by atoms with Gasteiger partial charge in [0.25, 0.3) is 0 Å². The molecule has 27 heavy (non-hydrogen) atoms. The van der Waals surface area contributed by atoms with Crippen LogP contribution in [0.3, 0.4) is 0 Å². The van der Waals surface area contributed by atoms with E-state index in [4.69, 9.17) is 17.0 Å². The molecule has 0 amide bonds. The second kappa shape index (κ2) is 7.73. The van der Waals surface area contributed by atoms with Crippen LogP contribution >= 0.6 is 12.2 Å². The van der Waals surface area contributed by atoms with Crippen LogP contribution in [-0.2, 0) is 13.5 Å². The second-order valence-corrected chi connectivity index (χ2v) is 7.78. The van der Waals surface area contributed by atoms with Crippen molar-refractivity contribution < 1.29 is 4.74 Å². The molecule has 0 bridgehead atoms. The maximum Gasteiger partial charge on any atom is 0.122 e. The number of aryl methyl sites for hydroxylation is 3. The summed E-state index contributed by atoms with van der Waals surface area (Å²) in [6.07, 6.45) is 3.06. The Morgan fingerprint density at radius 3 is 2.59 bits per heavy atom. The van der Waals surface area contributed by atoms with E-state index in [9.17, 15) is 0 Å². The molecule has 3 aromatic rings. The van der Waals surface area contributed by atoms with Gasteiger partial charge in [-0.1, -0.05) is 33.0 Å². The average molecular weight is 381 g/mol. The number of hydrogen-bond acceptors (Lipinski definition) is 2. The molecule has 0 saturated carbocycles. The molecule has 0 spiro atoms. The standard InChI is InChI=1S/C23H28N2OS/c1-7-16-10-22(26-6)18(14(2)3)12-20(16)23(27)24-17-8-9-21-19(11-17)15(4)13-25(21)5/h8-14H,7H2,1-6H3,(H,24,27). The highest BCUT2D eigenvalue weighted by molar-refractivity contribution is 7.81. The van der Waals surface area contributed by atoms with Crippen molar-refractivity contribution in [1.29, 1.82) is 0 Å². The van der Waals surface area contributed by atoms with Crippen molar-refractivity contribution in [1.82, 2.24) is 4.57 Å². The SMILES string of the molecule is CCc1cc(OC)c(C(C)C)cc1C(=S)Nc1ccc2c(c1)c(C)cn2C. The van der Waals surface area contributed by atoms with E-state index in [2.05, 4.69) is 81.2 Å². The largest absolute Gasteiger partial charge is 0.496 e. The van der Waals surface area contributed by atoms with Crippen LogP contribution in [0, 0.1) is 6.92 Å². The molecule has 0 atom stereocenters. The number of nitrogens with zero attached hydrogens (tertiary/aromatic N) is 1. The number of aromatic nitrogens is 1. The number of anilines is 1. The lowest BCUT2D eigenvalue weighted by atomic mass is 9.94. The highest BCUT2D eigenvalue weighted by atomic mass is 32.1. The van der Waals surface area contributed by atoms with Gasteiger partial charge in [-0.3, -0.25) is 0 Å². The smallest absolute Gasteiger partial charge is 0.122 e. The van der Waals surface area contributed by atoms with Gasteiger partial charge in [0.05, 0.1) is 7.11 Å². The van der Waals surface area contributed by atoms with E-state index in [-0.39, 0.29) is 0 Å². The maximum atomic E-state index is 5.79. The molecule has 1 aromatic heterocycles. The minimum Gasteiger partial charge on any atom is -0.496 e. The second-order valence-electron chi connectivity index (χ2n) is 7.37. The van der Waals surface area contributed by atoms with Crippen LogP contribution in [0.2, 0.25) is 0 Å². The summed E-state index contributed by atoms with van der Waals surface area (Å²) < 4.78 is 7.75. The molecule has 0 fully saturated rings. The third-order valence-electron chi connectivity index (χ3n) is 5.15. The Kier molecular flexibility index (Phi) is 5.56. The van der Waals surface area contributed by atoms with E-state index in [0.29, 0.717) is 5.92 Å². The van der Waals surface area contributed by atoms with Crippen molar-refractivity contribution in [2.75, 3.05) is 12.4 Å². The van der Waals surface area contributed by atoms with Crippen LogP contribution in [0.25, 0.3) is 10.9 Å². The van der Waals surface area contributed by atoms with Gasteiger partial charge in [-0.15, -0.1) is 0 Å². The van der Waals surface area contributed by atoms with E-state index < -0.39 is 0 Å². The number of nitrogens with one attached hydrogen (secondary N) is 1. The third-order valence-corrected chi connectivity index (χ3v) is 5.47. The summed E-state index contributed by atoms with van der Waals surface area (Å²) in [5.74, 6) is 1.31. The Hall–Kier alpha value is -2.33. The number of rotatable bonds is 5. The zero-order valence-electron chi connectivity index (χ0n) is 17.0. The van der Waals surface area contributed by atoms with Crippen molar-refractivity contribution in [3.8, 4) is 5.75 Å². The van der Waals surface area contributed by atoms with E-state index in [1.807, 2.05) is 0 Å². The number of benzene rings is 2. The molecule has 0 saturated heterocycles. The van der Waals surface area contributed by atoms with Crippen LogP contribution in [0.15, 0.2) is 36.5 Å². The van der Waals surface area contributed by atoms with E-state index >= 15 is 0 Å². The van der Waals surface area contributed by atoms with Gasteiger partial charge >= 0.3 is 0 Å². The van der Waals surface area contributed by atoms with Gasteiger partial charge in [0, 0.05) is 35.4 Å². The fourth-order valence-electron chi connectivity index (χ4n) is 3.64. The van der Waals surface area contributed by atoms with Gasteiger partial charge in [-0.05, 0) is 66.3 Å². The summed E-state index contributed by atoms with van der Waals surface area (Å²) in [7, 11) is 3.81. The first kappa shape index (κ1) is 19.4. The number of fused-ring (bicyclic) bond motifs is 1. The van der Waals surface area contributed by atoms with Crippen LogP contribution in [0.4, 0.5) is 5.69 Å². The number of thiocarbonyl (C=S) groups is 1. The van der Waals surface area contributed by atoms with Crippen LogP contribution < -0.4 is 10.1 Å². The van der Waals surface area contributed by atoms with Gasteiger partial charge in [0.1, 0.15) is 10.7 Å². The highest BCUT2D eigenvalue weighted by Gasteiger charge is 2.15. The highest BCUT2D eigenvalue weighted by Crippen LogP contribution is 2.31. The third kappa shape index (κ3) is 3.72. The van der Waals surface area contributed by atoms with Gasteiger partial charge < -0.3 is 14.6 Å². The fraction of sp³-hybridized carbons (Fsp3) is 0.348. The van der Waals surface area contributed by atoms with Crippen LogP contribution in [-0.4, -0.2) is 16.7 Å². The molecular formula is C23H28N2OS. The van der Waals surface area contributed by atoms with Crippen molar-refractivity contribution in [2.45, 2.75) is 40.0 Å². The van der Waals surface area contributed by atoms with E-state index in [1.54, 1.807) is 7.11 Å². The predicted molar refractivity (Wildman–Crippen MR) is 119 cm³/mol. The minimum atomic E-state index is 0.371. The number of ether oxygens (including phenoxy) is 1. The zero-order valence-corrected chi connectivity index (χ0v) is 17.8. The normalized spacial score (nSPS) is 11.2. The van der Waals surface area contributed by atoms with Gasteiger partial charge in [0.15, 0.2) is 0 Å². The molecule has 2 aromatic carbocycles. The van der Waals surface area contributed by atoms with E-state index in [1.165, 1.54) is 27.6 Å². The van der Waals surface area contributed by atoms with Gasteiger partial charge in [-0.25, -0.2) is 0 Å². The number of methoxy groups -OCH3 is 1. The van der Waals surface area contributed by atoms with Gasteiger partial charge in [0.2, 0.25) is 0 Å². The fourth-order valence-corrected chi connectivity index (χ4v) is 3.94. The quantitative estimate of drug-likeness (QED) is 0.552. The summed E-state index contributed by atoms with van der Waals surface area (Å²) in [5, 5.41) is 4.70. The summed E-state index contributed by atoms with van der Waals surface area (Å²) in [6.45, 7) is 8.64. The predicted octanol–water partition coefficient (Wildman–Crippen LogP) is 5.97. The molecule has 0 radical (unpaired) electrons. The van der Waals surface area contributed by atoms with E-state index in [0.717, 1.165) is 28.4 Å². The molecule has 0 aliphatic carbocycles. The Bertz CT molecular complexity index is 1000. The Balaban J connectivity index is 1.98. The summed E-state index contributed by atoms with van der Waals surface area (Å²) in [6, 6.07) is 10.7. The van der Waals surface area contributed by atoms with Crippen LogP contribution in [0.5, 0.6) is 5.75 Å². The zero-order chi connectivity index (χ0) is 19.7. The molecule has 0 unspecified atom stereocenters. The summed E-state index contributed by atoms with van der Waals surface area (Å²) in [4.78, 5) is 0.754.